The molecule has 16 heavy (non-hydrogen) atoms. The minimum Gasteiger partial charge on any atom is -0.284 e. The summed E-state index contributed by atoms with van der Waals surface area (Å²) in [5, 5.41) is -0.497. The van der Waals surface area contributed by atoms with Gasteiger partial charge in [-0.1, -0.05) is 49.2 Å². The number of carbonyl (C=O) groups is 3. The summed E-state index contributed by atoms with van der Waals surface area (Å²) in [5.41, 5.74) is 0. The average Bonchev–Trinajstić information content (AvgIpc) is 2.26. The normalized spacial score (nSPS) is 12.5. The lowest BCUT2D eigenvalue weighted by Gasteiger charge is -1.97. The van der Waals surface area contributed by atoms with E-state index < -0.39 is 17.3 Å². The van der Waals surface area contributed by atoms with Crippen molar-refractivity contribution in [1.29, 1.82) is 0 Å². The van der Waals surface area contributed by atoms with Crippen molar-refractivity contribution in [2.24, 2.45) is 0 Å². The van der Waals surface area contributed by atoms with Crippen molar-refractivity contribution in [2.45, 2.75) is 26.7 Å². The molecule has 3 nitrogen and oxygen atoms in total. The zero-order valence-corrected chi connectivity index (χ0v) is 10.6. The first-order valence-electron chi connectivity index (χ1n) is 4.80. The SMILES string of the molecule is CC/C=C(\Cl)C(=O)C(=O)C(=O)/C(Cl)=C/CC. The number of halogens is 2. The Kier molecular flexibility index (Phi) is 6.93. The molecule has 0 unspecified atom stereocenters. The van der Waals surface area contributed by atoms with Crippen LogP contribution in [0.2, 0.25) is 0 Å². The minimum atomic E-state index is -1.20. The molecule has 0 N–H and O–H groups in total. The number of hydrogen-bond acceptors (Lipinski definition) is 3. The molecule has 0 saturated carbocycles. The van der Waals surface area contributed by atoms with Crippen molar-refractivity contribution in [3.8, 4) is 0 Å². The van der Waals surface area contributed by atoms with Gasteiger partial charge in [-0.2, -0.15) is 0 Å². The summed E-state index contributed by atoms with van der Waals surface area (Å²) in [7, 11) is 0. The summed E-state index contributed by atoms with van der Waals surface area (Å²) < 4.78 is 0. The van der Waals surface area contributed by atoms with E-state index in [1.807, 2.05) is 0 Å². The lowest BCUT2D eigenvalue weighted by atomic mass is 10.1. The first-order valence-corrected chi connectivity index (χ1v) is 5.55. The average molecular weight is 263 g/mol. The molecule has 0 radical (unpaired) electrons. The van der Waals surface area contributed by atoms with Crippen LogP contribution in [0.1, 0.15) is 26.7 Å². The first kappa shape index (κ1) is 15.1. The third-order valence-corrected chi connectivity index (χ3v) is 2.26. The van der Waals surface area contributed by atoms with Gasteiger partial charge >= 0.3 is 0 Å². The molecule has 0 fully saturated rings. The highest BCUT2D eigenvalue weighted by Gasteiger charge is 2.26. The van der Waals surface area contributed by atoms with Crippen LogP contribution in [0.25, 0.3) is 0 Å². The van der Waals surface area contributed by atoms with Gasteiger partial charge in [0.15, 0.2) is 0 Å². The van der Waals surface area contributed by atoms with Crippen LogP contribution < -0.4 is 0 Å². The van der Waals surface area contributed by atoms with Crippen LogP contribution in [0.15, 0.2) is 22.2 Å². The second-order valence-corrected chi connectivity index (χ2v) is 3.72. The van der Waals surface area contributed by atoms with Crippen molar-refractivity contribution >= 4 is 40.6 Å². The van der Waals surface area contributed by atoms with Gasteiger partial charge in [0.05, 0.1) is 10.1 Å². The number of Topliss-reactive ketones (excluding diaryl/α,β-unsaturated/α-hetero) is 3. The van der Waals surface area contributed by atoms with Gasteiger partial charge in [0, 0.05) is 0 Å². The monoisotopic (exact) mass is 262 g/mol. The highest BCUT2D eigenvalue weighted by molar-refractivity contribution is 6.77. The van der Waals surface area contributed by atoms with Gasteiger partial charge < -0.3 is 0 Å². The second-order valence-electron chi connectivity index (χ2n) is 2.91. The molecule has 0 rings (SSSR count). The number of rotatable bonds is 6. The van der Waals surface area contributed by atoms with Gasteiger partial charge in [-0.3, -0.25) is 14.4 Å². The molecule has 0 aliphatic heterocycles. The Morgan fingerprint density at radius 1 is 0.812 bits per heavy atom. The molecule has 0 amide bonds. The van der Waals surface area contributed by atoms with Gasteiger partial charge in [0.2, 0.25) is 11.6 Å². The van der Waals surface area contributed by atoms with Gasteiger partial charge in [0.25, 0.3) is 5.78 Å². The van der Waals surface area contributed by atoms with Crippen LogP contribution in [-0.2, 0) is 14.4 Å². The fraction of sp³-hybridized carbons (Fsp3) is 0.364. The van der Waals surface area contributed by atoms with E-state index in [1.165, 1.54) is 12.2 Å². The lowest BCUT2D eigenvalue weighted by molar-refractivity contribution is -0.140. The van der Waals surface area contributed by atoms with Crippen molar-refractivity contribution < 1.29 is 14.4 Å². The van der Waals surface area contributed by atoms with E-state index in [0.717, 1.165) is 0 Å². The Balaban J connectivity index is 4.83. The molecular formula is C11H12Cl2O3. The molecule has 0 heterocycles. The predicted octanol–water partition coefficient (Wildman–Crippen LogP) is 2.76. The summed E-state index contributed by atoms with van der Waals surface area (Å²) in [6.07, 6.45) is 3.74. The third kappa shape index (κ3) is 4.29. The summed E-state index contributed by atoms with van der Waals surface area (Å²) in [4.78, 5) is 34.0. The highest BCUT2D eigenvalue weighted by atomic mass is 35.5. The maximum absolute atomic E-state index is 11.3. The van der Waals surface area contributed by atoms with E-state index in [4.69, 9.17) is 23.2 Å². The number of hydrogen-bond donors (Lipinski definition) is 0. The van der Waals surface area contributed by atoms with Gasteiger partial charge in [-0.15, -0.1) is 0 Å². The molecule has 88 valence electrons. The van der Waals surface area contributed by atoms with E-state index in [0.29, 0.717) is 12.8 Å². The molecule has 5 heteroatoms. The standard InChI is InChI=1S/C11H12Cl2O3/c1-3-5-7(12)9(14)11(16)10(15)8(13)6-4-2/h5-6H,3-4H2,1-2H3/b7-5-,8-6-. The van der Waals surface area contributed by atoms with Crippen LogP contribution in [0, 0.1) is 0 Å². The molecule has 0 bridgehead atoms. The smallest absolute Gasteiger partial charge is 0.275 e. The van der Waals surface area contributed by atoms with E-state index in [-0.39, 0.29) is 10.1 Å². The topological polar surface area (TPSA) is 51.2 Å². The van der Waals surface area contributed by atoms with Crippen molar-refractivity contribution in [1.82, 2.24) is 0 Å². The molecule has 0 saturated heterocycles. The molecular weight excluding hydrogens is 251 g/mol. The zero-order valence-electron chi connectivity index (χ0n) is 9.05. The van der Waals surface area contributed by atoms with E-state index in [9.17, 15) is 14.4 Å². The number of allylic oxidation sites excluding steroid dienone is 4. The Hall–Kier alpha value is -0.930. The van der Waals surface area contributed by atoms with Gasteiger partial charge in [-0.25, -0.2) is 0 Å². The predicted molar refractivity (Wildman–Crippen MR) is 63.5 cm³/mol. The summed E-state index contributed by atoms with van der Waals surface area (Å²) in [6.45, 7) is 3.51. The van der Waals surface area contributed by atoms with Gasteiger partial charge in [0.1, 0.15) is 0 Å². The highest BCUT2D eigenvalue weighted by Crippen LogP contribution is 2.10. The largest absolute Gasteiger partial charge is 0.284 e. The quantitative estimate of drug-likeness (QED) is 0.420. The maximum atomic E-state index is 11.3. The zero-order chi connectivity index (χ0) is 12.7. The van der Waals surface area contributed by atoms with Crippen molar-refractivity contribution in [3.05, 3.63) is 22.2 Å². The van der Waals surface area contributed by atoms with E-state index in [2.05, 4.69) is 0 Å². The van der Waals surface area contributed by atoms with Crippen LogP contribution in [0.5, 0.6) is 0 Å². The van der Waals surface area contributed by atoms with Crippen LogP contribution >= 0.6 is 23.2 Å². The summed E-state index contributed by atoms with van der Waals surface area (Å²) in [5.74, 6) is -3.24. The van der Waals surface area contributed by atoms with Crippen molar-refractivity contribution in [3.63, 3.8) is 0 Å². The summed E-state index contributed by atoms with van der Waals surface area (Å²) in [6, 6.07) is 0. The Morgan fingerprint density at radius 3 is 1.38 bits per heavy atom. The van der Waals surface area contributed by atoms with Crippen molar-refractivity contribution in [2.75, 3.05) is 0 Å². The second kappa shape index (κ2) is 7.36. The van der Waals surface area contributed by atoms with E-state index >= 15 is 0 Å². The Labute approximate surface area is 104 Å². The van der Waals surface area contributed by atoms with Crippen LogP contribution in [0.4, 0.5) is 0 Å². The molecule has 0 atom stereocenters. The minimum absolute atomic E-state index is 0.248. The number of carbonyl (C=O) groups excluding carboxylic acids is 3. The molecule has 0 aromatic heterocycles. The third-order valence-electron chi connectivity index (χ3n) is 1.61. The molecule has 0 aromatic rings. The first-order chi connectivity index (χ1) is 7.45. The van der Waals surface area contributed by atoms with Gasteiger partial charge in [-0.05, 0) is 12.8 Å². The Morgan fingerprint density at radius 2 is 1.12 bits per heavy atom. The maximum Gasteiger partial charge on any atom is 0.275 e. The van der Waals surface area contributed by atoms with Crippen LogP contribution in [0.3, 0.4) is 0 Å². The molecule has 0 spiro atoms. The van der Waals surface area contributed by atoms with E-state index in [1.54, 1.807) is 13.8 Å². The molecule has 0 aromatic carbocycles. The van der Waals surface area contributed by atoms with Crippen LogP contribution in [-0.4, -0.2) is 17.3 Å². The molecule has 0 aliphatic carbocycles. The lowest BCUT2D eigenvalue weighted by Crippen LogP contribution is -2.24. The fourth-order valence-electron chi connectivity index (χ4n) is 0.864. The molecule has 0 aliphatic rings. The summed E-state index contributed by atoms with van der Waals surface area (Å²) >= 11 is 11.1. The fourth-order valence-corrected chi connectivity index (χ4v) is 1.34. The Bertz CT molecular complexity index is 333. The number of ketones is 3.